The normalized spacial score (nSPS) is 15.5. The molecule has 4 heterocycles. The molecule has 7 heteroatoms. The number of anilines is 2. The Morgan fingerprint density at radius 1 is 0.955 bits per heavy atom. The van der Waals surface area contributed by atoms with Gasteiger partial charge in [-0.2, -0.15) is 0 Å². The molecular formula is C15H16N6S. The van der Waals surface area contributed by atoms with Crippen molar-refractivity contribution in [2.24, 2.45) is 0 Å². The van der Waals surface area contributed by atoms with Crippen LogP contribution < -0.4 is 9.80 Å². The van der Waals surface area contributed by atoms with Crippen molar-refractivity contribution < 1.29 is 0 Å². The van der Waals surface area contributed by atoms with E-state index in [1.807, 2.05) is 19.1 Å². The molecule has 4 rings (SSSR count). The first kappa shape index (κ1) is 13.4. The SMILES string of the molecule is Cc1csc(N2CCN(c3ccc4nccnc4n3)CC2)n1. The largest absolute Gasteiger partial charge is 0.353 e. The van der Waals surface area contributed by atoms with E-state index in [4.69, 9.17) is 0 Å². The Kier molecular flexibility index (Phi) is 3.34. The van der Waals surface area contributed by atoms with Crippen LogP contribution >= 0.6 is 11.3 Å². The lowest BCUT2D eigenvalue weighted by Crippen LogP contribution is -2.46. The van der Waals surface area contributed by atoms with Crippen LogP contribution in [0.15, 0.2) is 29.9 Å². The predicted octanol–water partition coefficient (Wildman–Crippen LogP) is 2.12. The summed E-state index contributed by atoms with van der Waals surface area (Å²) in [6, 6.07) is 4.02. The van der Waals surface area contributed by atoms with Gasteiger partial charge in [-0.1, -0.05) is 0 Å². The van der Waals surface area contributed by atoms with Crippen LogP contribution in [-0.2, 0) is 0 Å². The molecule has 22 heavy (non-hydrogen) atoms. The zero-order valence-corrected chi connectivity index (χ0v) is 13.1. The lowest BCUT2D eigenvalue weighted by molar-refractivity contribution is 0.646. The molecule has 3 aromatic rings. The standard InChI is InChI=1S/C15H16N6S/c1-11-10-22-15(18-11)21-8-6-20(7-9-21)13-3-2-12-14(19-13)17-5-4-16-12/h2-5,10H,6-9H2,1H3. The minimum absolute atomic E-state index is 0.706. The lowest BCUT2D eigenvalue weighted by Gasteiger charge is -2.35. The van der Waals surface area contributed by atoms with Crippen LogP contribution in [0, 0.1) is 6.92 Å². The van der Waals surface area contributed by atoms with Gasteiger partial charge in [-0.15, -0.1) is 11.3 Å². The van der Waals surface area contributed by atoms with Crippen LogP contribution in [-0.4, -0.2) is 46.1 Å². The van der Waals surface area contributed by atoms with E-state index in [-0.39, 0.29) is 0 Å². The molecule has 0 atom stereocenters. The third-order valence-corrected chi connectivity index (χ3v) is 4.82. The average molecular weight is 312 g/mol. The summed E-state index contributed by atoms with van der Waals surface area (Å²) in [7, 11) is 0. The van der Waals surface area contributed by atoms with Gasteiger partial charge in [0.25, 0.3) is 0 Å². The van der Waals surface area contributed by atoms with E-state index >= 15 is 0 Å². The number of hydrogen-bond donors (Lipinski definition) is 0. The van der Waals surface area contributed by atoms with E-state index in [2.05, 4.69) is 35.1 Å². The molecule has 3 aromatic heterocycles. The van der Waals surface area contributed by atoms with Crippen molar-refractivity contribution in [2.45, 2.75) is 6.92 Å². The Bertz CT molecular complexity index is 793. The Balaban J connectivity index is 1.50. The second-order valence-corrected chi connectivity index (χ2v) is 6.15. The van der Waals surface area contributed by atoms with Gasteiger partial charge in [-0.05, 0) is 19.1 Å². The van der Waals surface area contributed by atoms with Crippen molar-refractivity contribution >= 4 is 33.5 Å². The van der Waals surface area contributed by atoms with E-state index < -0.39 is 0 Å². The van der Waals surface area contributed by atoms with Crippen LogP contribution in [0.5, 0.6) is 0 Å². The minimum atomic E-state index is 0.706. The topological polar surface area (TPSA) is 58.0 Å². The highest BCUT2D eigenvalue weighted by atomic mass is 32.1. The summed E-state index contributed by atoms with van der Waals surface area (Å²) in [5, 5.41) is 3.22. The molecule has 112 valence electrons. The molecule has 1 aliphatic heterocycles. The molecule has 1 aliphatic rings. The molecule has 1 fully saturated rings. The molecule has 0 aromatic carbocycles. The molecule has 1 saturated heterocycles. The van der Waals surface area contributed by atoms with Gasteiger partial charge in [0.05, 0.1) is 5.69 Å². The second-order valence-electron chi connectivity index (χ2n) is 5.31. The highest BCUT2D eigenvalue weighted by Crippen LogP contribution is 2.23. The van der Waals surface area contributed by atoms with E-state index in [9.17, 15) is 0 Å². The summed E-state index contributed by atoms with van der Waals surface area (Å²) in [6.45, 7) is 5.85. The monoisotopic (exact) mass is 312 g/mol. The van der Waals surface area contributed by atoms with Crippen molar-refractivity contribution in [3.63, 3.8) is 0 Å². The number of aryl methyl sites for hydroxylation is 1. The molecule has 0 radical (unpaired) electrons. The Labute approximate surface area is 132 Å². The van der Waals surface area contributed by atoms with Crippen molar-refractivity contribution in [3.05, 3.63) is 35.6 Å². The third kappa shape index (κ3) is 2.48. The van der Waals surface area contributed by atoms with Gasteiger partial charge in [0, 0.05) is 44.0 Å². The highest BCUT2D eigenvalue weighted by molar-refractivity contribution is 7.13. The van der Waals surface area contributed by atoms with Gasteiger partial charge in [-0.25, -0.2) is 15.0 Å². The third-order valence-electron chi connectivity index (χ3n) is 3.80. The van der Waals surface area contributed by atoms with Crippen LogP contribution in [0.25, 0.3) is 11.2 Å². The Hall–Kier alpha value is -2.28. The van der Waals surface area contributed by atoms with Gasteiger partial charge >= 0.3 is 0 Å². The van der Waals surface area contributed by atoms with Crippen LogP contribution in [0.1, 0.15) is 5.69 Å². The predicted molar refractivity (Wildman–Crippen MR) is 88.6 cm³/mol. The first-order valence-corrected chi connectivity index (χ1v) is 8.17. The molecule has 0 saturated carbocycles. The fourth-order valence-electron chi connectivity index (χ4n) is 2.63. The van der Waals surface area contributed by atoms with Gasteiger partial charge in [0.1, 0.15) is 11.3 Å². The van der Waals surface area contributed by atoms with E-state index in [0.717, 1.165) is 48.3 Å². The van der Waals surface area contributed by atoms with Crippen molar-refractivity contribution in [2.75, 3.05) is 36.0 Å². The number of piperazine rings is 1. The van der Waals surface area contributed by atoms with Gasteiger partial charge in [0.15, 0.2) is 10.8 Å². The molecule has 6 nitrogen and oxygen atoms in total. The van der Waals surface area contributed by atoms with Crippen LogP contribution in [0.3, 0.4) is 0 Å². The summed E-state index contributed by atoms with van der Waals surface area (Å²) in [6.07, 6.45) is 3.38. The maximum absolute atomic E-state index is 4.62. The number of thiazole rings is 1. The fraction of sp³-hybridized carbons (Fsp3) is 0.333. The maximum Gasteiger partial charge on any atom is 0.185 e. The van der Waals surface area contributed by atoms with Gasteiger partial charge in [0.2, 0.25) is 0 Å². The summed E-state index contributed by atoms with van der Waals surface area (Å²) >= 11 is 1.72. The molecule has 0 bridgehead atoms. The zero-order valence-electron chi connectivity index (χ0n) is 12.3. The summed E-state index contributed by atoms with van der Waals surface area (Å²) < 4.78 is 0. The van der Waals surface area contributed by atoms with E-state index in [1.165, 1.54) is 0 Å². The first-order chi connectivity index (χ1) is 10.8. The molecule has 0 spiro atoms. The molecule has 0 aliphatic carbocycles. The summed E-state index contributed by atoms with van der Waals surface area (Å²) in [5.41, 5.74) is 2.64. The maximum atomic E-state index is 4.62. The van der Waals surface area contributed by atoms with Gasteiger partial charge < -0.3 is 9.80 Å². The number of pyridine rings is 1. The minimum Gasteiger partial charge on any atom is -0.353 e. The molecule has 0 unspecified atom stereocenters. The quantitative estimate of drug-likeness (QED) is 0.722. The number of aromatic nitrogens is 4. The van der Waals surface area contributed by atoms with Crippen molar-refractivity contribution in [1.29, 1.82) is 0 Å². The first-order valence-electron chi connectivity index (χ1n) is 7.29. The van der Waals surface area contributed by atoms with Crippen LogP contribution in [0.2, 0.25) is 0 Å². The Morgan fingerprint density at radius 2 is 1.73 bits per heavy atom. The zero-order chi connectivity index (χ0) is 14.9. The number of hydrogen-bond acceptors (Lipinski definition) is 7. The number of nitrogens with zero attached hydrogens (tertiary/aromatic N) is 6. The summed E-state index contributed by atoms with van der Waals surface area (Å²) in [4.78, 5) is 22.4. The fourth-order valence-corrected chi connectivity index (χ4v) is 3.49. The lowest BCUT2D eigenvalue weighted by atomic mass is 10.3. The highest BCUT2D eigenvalue weighted by Gasteiger charge is 2.20. The van der Waals surface area contributed by atoms with E-state index in [0.29, 0.717) is 5.65 Å². The van der Waals surface area contributed by atoms with Crippen molar-refractivity contribution in [3.8, 4) is 0 Å². The average Bonchev–Trinajstić information content (AvgIpc) is 3.01. The van der Waals surface area contributed by atoms with Crippen molar-refractivity contribution in [1.82, 2.24) is 19.9 Å². The second kappa shape index (κ2) is 5.49. The number of rotatable bonds is 2. The molecule has 0 N–H and O–H groups in total. The molecular weight excluding hydrogens is 296 g/mol. The van der Waals surface area contributed by atoms with Crippen LogP contribution in [0.4, 0.5) is 10.9 Å². The smallest absolute Gasteiger partial charge is 0.185 e. The summed E-state index contributed by atoms with van der Waals surface area (Å²) in [5.74, 6) is 0.975. The molecule has 0 amide bonds. The van der Waals surface area contributed by atoms with E-state index in [1.54, 1.807) is 23.7 Å². The number of fused-ring (bicyclic) bond motifs is 1. The van der Waals surface area contributed by atoms with Gasteiger partial charge in [-0.3, -0.25) is 4.98 Å². The Morgan fingerprint density at radius 3 is 2.50 bits per heavy atom.